The van der Waals surface area contributed by atoms with E-state index in [1.165, 1.54) is 56.7 Å². The van der Waals surface area contributed by atoms with Crippen LogP contribution in [0.2, 0.25) is 0 Å². The van der Waals surface area contributed by atoms with Crippen LogP contribution in [0.1, 0.15) is 42.4 Å². The van der Waals surface area contributed by atoms with Crippen molar-refractivity contribution in [2.45, 2.75) is 58.2 Å². The molecule has 0 radical (unpaired) electrons. The third-order valence-corrected chi connectivity index (χ3v) is 5.77. The lowest BCUT2D eigenvalue weighted by Crippen LogP contribution is -2.58. The largest absolute Gasteiger partial charge is 0.298 e. The highest BCUT2D eigenvalue weighted by Crippen LogP contribution is 2.27. The van der Waals surface area contributed by atoms with Crippen LogP contribution in [-0.2, 0) is 6.54 Å². The number of thiophene rings is 1. The number of hydrogen-bond acceptors (Lipinski definition) is 3. The van der Waals surface area contributed by atoms with Crippen LogP contribution in [-0.4, -0.2) is 41.5 Å². The number of piperidine rings is 1. The Labute approximate surface area is 121 Å². The fraction of sp³-hybridized carbons (Fsp3) is 0.750. The Bertz CT molecular complexity index is 415. The van der Waals surface area contributed by atoms with Crippen LogP contribution < -0.4 is 0 Å². The molecule has 3 heterocycles. The summed E-state index contributed by atoms with van der Waals surface area (Å²) in [6, 6.07) is 6.17. The first-order valence-corrected chi connectivity index (χ1v) is 8.61. The van der Waals surface area contributed by atoms with Gasteiger partial charge in [-0.25, -0.2) is 0 Å². The van der Waals surface area contributed by atoms with Gasteiger partial charge in [0.2, 0.25) is 0 Å². The van der Waals surface area contributed by atoms with Gasteiger partial charge < -0.3 is 0 Å². The fourth-order valence-corrected chi connectivity index (χ4v) is 4.58. The first-order chi connectivity index (χ1) is 9.26. The Morgan fingerprint density at radius 2 is 2.16 bits per heavy atom. The van der Waals surface area contributed by atoms with Crippen molar-refractivity contribution in [1.82, 2.24) is 9.80 Å². The molecule has 1 aromatic heterocycles. The third kappa shape index (κ3) is 3.04. The summed E-state index contributed by atoms with van der Waals surface area (Å²) < 4.78 is 0. The number of fused-ring (bicyclic) bond motifs is 1. The Hall–Kier alpha value is -0.380. The van der Waals surface area contributed by atoms with E-state index >= 15 is 0 Å². The number of rotatable bonds is 3. The van der Waals surface area contributed by atoms with E-state index in [1.807, 2.05) is 11.3 Å². The topological polar surface area (TPSA) is 6.48 Å². The minimum Gasteiger partial charge on any atom is -0.298 e. The van der Waals surface area contributed by atoms with Crippen molar-refractivity contribution in [3.05, 3.63) is 21.9 Å². The molecule has 2 atom stereocenters. The Kier molecular flexibility index (Phi) is 4.25. The SMILES string of the molecule is CCC1CN2CCCCC2CN1Cc1ccc(C)s1. The van der Waals surface area contributed by atoms with Crippen LogP contribution in [0.15, 0.2) is 12.1 Å². The van der Waals surface area contributed by atoms with Gasteiger partial charge in [0.25, 0.3) is 0 Å². The highest BCUT2D eigenvalue weighted by Gasteiger charge is 2.34. The molecule has 0 spiro atoms. The molecule has 0 bridgehead atoms. The molecule has 2 saturated heterocycles. The summed E-state index contributed by atoms with van der Waals surface area (Å²) in [5, 5.41) is 0. The van der Waals surface area contributed by atoms with Crippen molar-refractivity contribution in [1.29, 1.82) is 0 Å². The minimum absolute atomic E-state index is 0.761. The van der Waals surface area contributed by atoms with E-state index in [9.17, 15) is 0 Å². The van der Waals surface area contributed by atoms with Crippen molar-refractivity contribution < 1.29 is 0 Å². The summed E-state index contributed by atoms with van der Waals surface area (Å²) in [7, 11) is 0. The van der Waals surface area contributed by atoms with Crippen LogP contribution in [0, 0.1) is 6.92 Å². The standard InChI is InChI=1S/C16H26N2S/c1-3-14-10-17-9-5-4-6-15(17)11-18(14)12-16-8-7-13(2)19-16/h7-8,14-15H,3-6,9-12H2,1-2H3. The molecule has 3 heteroatoms. The van der Waals surface area contributed by atoms with E-state index in [0.717, 1.165) is 12.1 Å². The molecule has 0 aromatic carbocycles. The van der Waals surface area contributed by atoms with Gasteiger partial charge in [-0.15, -0.1) is 11.3 Å². The van der Waals surface area contributed by atoms with E-state index in [-0.39, 0.29) is 0 Å². The number of aryl methyl sites for hydroxylation is 1. The van der Waals surface area contributed by atoms with Crippen molar-refractivity contribution in [2.24, 2.45) is 0 Å². The number of nitrogens with zero attached hydrogens (tertiary/aromatic N) is 2. The zero-order valence-electron chi connectivity index (χ0n) is 12.3. The van der Waals surface area contributed by atoms with Crippen LogP contribution >= 0.6 is 11.3 Å². The molecule has 2 aliphatic rings. The molecule has 0 saturated carbocycles. The predicted molar refractivity (Wildman–Crippen MR) is 82.8 cm³/mol. The van der Waals surface area contributed by atoms with Gasteiger partial charge in [0, 0.05) is 41.5 Å². The molecular weight excluding hydrogens is 252 g/mol. The first-order valence-electron chi connectivity index (χ1n) is 7.79. The van der Waals surface area contributed by atoms with E-state index in [2.05, 4.69) is 35.8 Å². The van der Waals surface area contributed by atoms with Crippen LogP contribution in [0.5, 0.6) is 0 Å². The average molecular weight is 278 g/mol. The summed E-state index contributed by atoms with van der Waals surface area (Å²) in [5.74, 6) is 0. The average Bonchev–Trinajstić information content (AvgIpc) is 2.83. The minimum atomic E-state index is 0.761. The molecule has 2 fully saturated rings. The maximum atomic E-state index is 2.76. The molecule has 3 rings (SSSR count). The predicted octanol–water partition coefficient (Wildman–Crippen LogP) is 3.51. The lowest BCUT2D eigenvalue weighted by molar-refractivity contribution is 0.00376. The molecule has 19 heavy (non-hydrogen) atoms. The molecule has 106 valence electrons. The van der Waals surface area contributed by atoms with Crippen LogP contribution in [0.4, 0.5) is 0 Å². The second-order valence-electron chi connectivity index (χ2n) is 6.15. The zero-order chi connectivity index (χ0) is 13.2. The highest BCUT2D eigenvalue weighted by molar-refractivity contribution is 7.11. The lowest BCUT2D eigenvalue weighted by Gasteiger charge is -2.48. The Balaban J connectivity index is 1.68. The van der Waals surface area contributed by atoms with Crippen LogP contribution in [0.25, 0.3) is 0 Å². The van der Waals surface area contributed by atoms with E-state index in [1.54, 1.807) is 4.88 Å². The van der Waals surface area contributed by atoms with Gasteiger partial charge in [0.15, 0.2) is 0 Å². The quantitative estimate of drug-likeness (QED) is 0.835. The van der Waals surface area contributed by atoms with E-state index < -0.39 is 0 Å². The molecule has 2 unspecified atom stereocenters. The van der Waals surface area contributed by atoms with Gasteiger partial charge in [0.1, 0.15) is 0 Å². The summed E-state index contributed by atoms with van der Waals surface area (Å²) in [4.78, 5) is 8.49. The van der Waals surface area contributed by atoms with Gasteiger partial charge in [-0.3, -0.25) is 9.80 Å². The van der Waals surface area contributed by atoms with Crippen molar-refractivity contribution in [3.8, 4) is 0 Å². The molecule has 0 aliphatic carbocycles. The maximum absolute atomic E-state index is 2.76. The van der Waals surface area contributed by atoms with Crippen molar-refractivity contribution >= 4 is 11.3 Å². The number of hydrogen-bond donors (Lipinski definition) is 0. The second-order valence-corrected chi connectivity index (χ2v) is 7.52. The lowest BCUT2D eigenvalue weighted by atomic mass is 9.96. The smallest absolute Gasteiger partial charge is 0.0332 e. The van der Waals surface area contributed by atoms with Crippen LogP contribution in [0.3, 0.4) is 0 Å². The summed E-state index contributed by atoms with van der Waals surface area (Å²) >= 11 is 1.97. The highest BCUT2D eigenvalue weighted by atomic mass is 32.1. The second kappa shape index (κ2) is 5.94. The molecule has 2 aliphatic heterocycles. The van der Waals surface area contributed by atoms with Gasteiger partial charge in [-0.05, 0) is 44.9 Å². The van der Waals surface area contributed by atoms with Gasteiger partial charge in [-0.2, -0.15) is 0 Å². The van der Waals surface area contributed by atoms with Crippen molar-refractivity contribution in [2.75, 3.05) is 19.6 Å². The van der Waals surface area contributed by atoms with Gasteiger partial charge >= 0.3 is 0 Å². The van der Waals surface area contributed by atoms with Gasteiger partial charge in [0.05, 0.1) is 0 Å². The normalized spacial score (nSPS) is 29.4. The van der Waals surface area contributed by atoms with E-state index in [0.29, 0.717) is 0 Å². The Morgan fingerprint density at radius 3 is 2.89 bits per heavy atom. The summed E-state index contributed by atoms with van der Waals surface area (Å²) in [6.45, 7) is 9.65. The van der Waals surface area contributed by atoms with Gasteiger partial charge in [-0.1, -0.05) is 13.3 Å². The monoisotopic (exact) mass is 278 g/mol. The summed E-state index contributed by atoms with van der Waals surface area (Å²) in [5.41, 5.74) is 0. The summed E-state index contributed by atoms with van der Waals surface area (Å²) in [6.07, 6.45) is 5.55. The first kappa shape index (κ1) is 13.6. The fourth-order valence-electron chi connectivity index (χ4n) is 3.66. The molecule has 0 N–H and O–H groups in total. The molecule has 2 nitrogen and oxygen atoms in total. The maximum Gasteiger partial charge on any atom is 0.0332 e. The third-order valence-electron chi connectivity index (χ3n) is 4.78. The molecule has 1 aromatic rings. The molecular formula is C16H26N2S. The van der Waals surface area contributed by atoms with E-state index in [4.69, 9.17) is 0 Å². The van der Waals surface area contributed by atoms with Crippen molar-refractivity contribution in [3.63, 3.8) is 0 Å². The number of piperazine rings is 1. The molecule has 0 amide bonds. The zero-order valence-corrected chi connectivity index (χ0v) is 13.1. The Morgan fingerprint density at radius 1 is 1.26 bits per heavy atom.